The summed E-state index contributed by atoms with van der Waals surface area (Å²) >= 11 is 0. The van der Waals surface area contributed by atoms with Crippen molar-refractivity contribution in [2.24, 2.45) is 10.9 Å². The van der Waals surface area contributed by atoms with Gasteiger partial charge >= 0.3 is 5.82 Å². The van der Waals surface area contributed by atoms with Crippen LogP contribution in [0.2, 0.25) is 0 Å². The Morgan fingerprint density at radius 3 is 2.60 bits per heavy atom. The van der Waals surface area contributed by atoms with Gasteiger partial charge in [-0.15, -0.1) is 0 Å². The summed E-state index contributed by atoms with van der Waals surface area (Å²) in [7, 11) is 1.54. The maximum Gasteiger partial charge on any atom is 0.438 e. The molecule has 0 saturated heterocycles. The molecule has 25 heavy (non-hydrogen) atoms. The summed E-state index contributed by atoms with van der Waals surface area (Å²) in [6.07, 6.45) is 4.05. The van der Waals surface area contributed by atoms with E-state index in [4.69, 9.17) is 4.74 Å². The van der Waals surface area contributed by atoms with Gasteiger partial charge < -0.3 is 20.1 Å². The summed E-state index contributed by atoms with van der Waals surface area (Å²) in [6.45, 7) is 2.08. The summed E-state index contributed by atoms with van der Waals surface area (Å²) in [5.74, 6) is 0.490. The van der Waals surface area contributed by atoms with E-state index in [-0.39, 0.29) is 11.5 Å². The maximum atomic E-state index is 11.4. The van der Waals surface area contributed by atoms with Gasteiger partial charge in [-0.05, 0) is 52.7 Å². The zero-order valence-electron chi connectivity index (χ0n) is 14.2. The Morgan fingerprint density at radius 2 is 2.00 bits per heavy atom. The molecule has 2 aromatic rings. The van der Waals surface area contributed by atoms with Gasteiger partial charge in [0.15, 0.2) is 0 Å². The van der Waals surface area contributed by atoms with Gasteiger partial charge in [0, 0.05) is 0 Å². The quantitative estimate of drug-likeness (QED) is 0.519. The lowest BCUT2D eigenvalue weighted by Crippen LogP contribution is -2.28. The van der Waals surface area contributed by atoms with Crippen LogP contribution in [0.15, 0.2) is 29.3 Å². The number of nitro groups is 1. The monoisotopic (exact) mass is 347 g/mol. The Labute approximate surface area is 144 Å². The molecule has 1 N–H and O–H groups in total. The maximum absolute atomic E-state index is 11.4. The molecule has 0 bridgehead atoms. The van der Waals surface area contributed by atoms with Crippen LogP contribution in [0.5, 0.6) is 5.75 Å². The smallest absolute Gasteiger partial charge is 0.438 e. The van der Waals surface area contributed by atoms with Crippen molar-refractivity contribution in [3.8, 4) is 11.4 Å². The number of rotatable bonds is 4. The predicted molar refractivity (Wildman–Crippen MR) is 88.9 cm³/mol. The van der Waals surface area contributed by atoms with E-state index in [9.17, 15) is 15.3 Å². The number of nitrogens with zero attached hydrogens (tertiary/aromatic N) is 5. The molecule has 0 amide bonds. The number of benzene rings is 1. The molecule has 1 saturated carbocycles. The Morgan fingerprint density at radius 1 is 1.32 bits per heavy atom. The fourth-order valence-electron chi connectivity index (χ4n) is 3.11. The molecule has 3 rings (SSSR count). The Kier molecular flexibility index (Phi) is 4.73. The predicted octanol–water partition coefficient (Wildman–Crippen LogP) is 2.31. The van der Waals surface area contributed by atoms with E-state index in [1.54, 1.807) is 31.4 Å². The molecule has 1 fully saturated rings. The molecule has 0 spiro atoms. The van der Waals surface area contributed by atoms with E-state index < -0.39 is 10.7 Å². The van der Waals surface area contributed by atoms with Crippen molar-refractivity contribution in [1.82, 2.24) is 14.7 Å². The van der Waals surface area contributed by atoms with Crippen LogP contribution in [0.3, 0.4) is 0 Å². The van der Waals surface area contributed by atoms with E-state index in [0.717, 1.165) is 30.5 Å². The minimum atomic E-state index is -0.626. The highest BCUT2D eigenvalue weighted by Gasteiger charge is 2.27. The van der Waals surface area contributed by atoms with Crippen LogP contribution in [0, 0.1) is 16.0 Å². The standard InChI is InChI=1S/C16H21N5O4/c1-11-5-3-4-6-14(11)17-15-16(21(23)24)18-19(20(15)22)12-7-9-13(25-2)10-8-12/h7-11,14,22H,3-6H2,1-2H3/t11-,14+/m1/s1. The number of ether oxygens (including phenoxy) is 1. The zero-order valence-corrected chi connectivity index (χ0v) is 14.2. The molecule has 1 aliphatic rings. The van der Waals surface area contributed by atoms with Gasteiger partial charge in [0.2, 0.25) is 0 Å². The van der Waals surface area contributed by atoms with E-state index in [0.29, 0.717) is 22.2 Å². The van der Waals surface area contributed by atoms with Crippen LogP contribution in [0.4, 0.5) is 5.82 Å². The molecular formula is C16H21N5O4. The van der Waals surface area contributed by atoms with Crippen molar-refractivity contribution in [1.29, 1.82) is 0 Å². The summed E-state index contributed by atoms with van der Waals surface area (Å²) in [4.78, 5) is 16.9. The minimum absolute atomic E-state index is 0.0561. The second-order valence-electron chi connectivity index (χ2n) is 6.24. The van der Waals surface area contributed by atoms with Crippen LogP contribution in [-0.2, 0) is 0 Å². The van der Waals surface area contributed by atoms with Crippen LogP contribution in [0.25, 0.3) is 5.69 Å². The fourth-order valence-corrected chi connectivity index (χ4v) is 3.11. The third-order valence-corrected chi connectivity index (χ3v) is 4.59. The first kappa shape index (κ1) is 17.0. The molecule has 2 atom stereocenters. The molecule has 0 aliphatic heterocycles. The van der Waals surface area contributed by atoms with Crippen LogP contribution in [0.1, 0.15) is 32.6 Å². The third kappa shape index (κ3) is 3.35. The molecular weight excluding hydrogens is 326 g/mol. The van der Waals surface area contributed by atoms with Gasteiger partial charge in [0.05, 0.1) is 18.3 Å². The summed E-state index contributed by atoms with van der Waals surface area (Å²) < 4.78 is 5.09. The lowest BCUT2D eigenvalue weighted by Gasteiger charge is -2.24. The molecule has 9 heteroatoms. The molecule has 1 aromatic heterocycles. The molecule has 0 radical (unpaired) electrons. The topological polar surface area (TPSA) is 108 Å². The second kappa shape index (κ2) is 6.96. The second-order valence-corrected chi connectivity index (χ2v) is 6.24. The highest BCUT2D eigenvalue weighted by Crippen LogP contribution is 2.26. The fraction of sp³-hybridized carbons (Fsp3) is 0.500. The largest absolute Gasteiger partial charge is 0.497 e. The van der Waals surface area contributed by atoms with Crippen molar-refractivity contribution in [2.45, 2.75) is 38.6 Å². The normalized spacial score (nSPS) is 21.3. The van der Waals surface area contributed by atoms with E-state index in [2.05, 4.69) is 17.0 Å². The van der Waals surface area contributed by atoms with Gasteiger partial charge in [-0.3, -0.25) is 4.99 Å². The van der Waals surface area contributed by atoms with Crippen molar-refractivity contribution in [3.05, 3.63) is 39.9 Å². The SMILES string of the molecule is COc1ccc(-n2nc([N+](=O)[O-])c(=N[C@H]3CCCC[C@H]3C)n2O)cc1. The highest BCUT2D eigenvalue weighted by atomic mass is 16.6. The molecule has 134 valence electrons. The van der Waals surface area contributed by atoms with Crippen molar-refractivity contribution in [3.63, 3.8) is 0 Å². The first-order chi connectivity index (χ1) is 12.0. The van der Waals surface area contributed by atoms with Crippen LogP contribution >= 0.6 is 0 Å². The lowest BCUT2D eigenvalue weighted by molar-refractivity contribution is -0.391. The lowest BCUT2D eigenvalue weighted by atomic mass is 9.86. The first-order valence-corrected chi connectivity index (χ1v) is 8.25. The number of aromatic nitrogens is 3. The van der Waals surface area contributed by atoms with Gasteiger partial charge in [-0.2, -0.15) is 0 Å². The molecule has 1 aliphatic carbocycles. The average molecular weight is 347 g/mol. The summed E-state index contributed by atoms with van der Waals surface area (Å²) in [5, 5.41) is 25.7. The Hall–Kier alpha value is -2.84. The number of hydrogen-bond acceptors (Lipinski definition) is 6. The van der Waals surface area contributed by atoms with Crippen molar-refractivity contribution >= 4 is 5.82 Å². The molecule has 1 aromatic carbocycles. The van der Waals surface area contributed by atoms with Crippen LogP contribution in [-0.4, -0.2) is 38.0 Å². The van der Waals surface area contributed by atoms with E-state index >= 15 is 0 Å². The minimum Gasteiger partial charge on any atom is -0.497 e. The summed E-state index contributed by atoms with van der Waals surface area (Å²) in [6, 6.07) is 6.61. The number of hydrogen-bond donors (Lipinski definition) is 1. The Balaban J connectivity index is 2.08. The highest BCUT2D eigenvalue weighted by molar-refractivity contribution is 5.36. The van der Waals surface area contributed by atoms with Gasteiger partial charge in [-0.25, -0.2) is 0 Å². The number of methoxy groups -OCH3 is 1. The first-order valence-electron chi connectivity index (χ1n) is 8.25. The van der Waals surface area contributed by atoms with Gasteiger partial charge in [0.1, 0.15) is 11.4 Å². The zero-order chi connectivity index (χ0) is 18.0. The van der Waals surface area contributed by atoms with E-state index in [1.165, 1.54) is 0 Å². The van der Waals surface area contributed by atoms with E-state index in [1.807, 2.05) is 0 Å². The Bertz CT molecular complexity index is 824. The summed E-state index contributed by atoms with van der Waals surface area (Å²) in [5.41, 5.74) is 0.337. The molecule has 9 nitrogen and oxygen atoms in total. The van der Waals surface area contributed by atoms with Crippen molar-refractivity contribution < 1.29 is 14.9 Å². The molecule has 0 unspecified atom stereocenters. The van der Waals surface area contributed by atoms with Gasteiger partial charge in [0.25, 0.3) is 5.49 Å². The van der Waals surface area contributed by atoms with Crippen molar-refractivity contribution in [2.75, 3.05) is 7.11 Å². The van der Waals surface area contributed by atoms with Gasteiger partial charge in [-0.1, -0.05) is 24.6 Å². The average Bonchev–Trinajstić information content (AvgIpc) is 2.94. The molecule has 1 heterocycles. The third-order valence-electron chi connectivity index (χ3n) is 4.59. The van der Waals surface area contributed by atoms with Crippen LogP contribution < -0.4 is 10.2 Å².